The molecule has 0 amide bonds. The minimum Gasteiger partial charge on any atom is -0.375 e. The van der Waals surface area contributed by atoms with Crippen LogP contribution in [-0.2, 0) is 18.6 Å². The van der Waals surface area contributed by atoms with Gasteiger partial charge in [-0.1, -0.05) is 12.2 Å². The monoisotopic (exact) mass is 256 g/mol. The normalized spacial score (nSPS) is 11.7. The summed E-state index contributed by atoms with van der Waals surface area (Å²) >= 11 is 0. The van der Waals surface area contributed by atoms with Crippen LogP contribution in [0, 0.1) is 0 Å². The fourth-order valence-electron chi connectivity index (χ4n) is 0.848. The van der Waals surface area contributed by atoms with Crippen LogP contribution in [0.25, 0.3) is 0 Å². The van der Waals surface area contributed by atoms with Gasteiger partial charge in [0.2, 0.25) is 0 Å². The molecule has 0 rings (SSSR count). The second-order valence-corrected chi connectivity index (χ2v) is 3.83. The van der Waals surface area contributed by atoms with Crippen molar-refractivity contribution in [2.45, 2.75) is 6.10 Å². The third kappa shape index (κ3) is 9.98. The second-order valence-electron chi connectivity index (χ2n) is 2.79. The summed E-state index contributed by atoms with van der Waals surface area (Å²) in [7, 11) is -5.53. The van der Waals surface area contributed by atoms with Crippen LogP contribution in [0.15, 0.2) is 25.3 Å². The summed E-state index contributed by atoms with van der Waals surface area (Å²) in [4.78, 5) is 0. The van der Waals surface area contributed by atoms with E-state index in [1.54, 1.807) is 0 Å². The molecule has 0 saturated heterocycles. The van der Waals surface area contributed by atoms with Crippen molar-refractivity contribution in [3.63, 3.8) is 0 Å². The summed E-state index contributed by atoms with van der Waals surface area (Å²) in [5, 5.41) is 0. The third-order valence-corrected chi connectivity index (χ3v) is 1.89. The molecule has 0 unspecified atom stereocenters. The van der Waals surface area contributed by atoms with E-state index in [9.17, 15) is 13.0 Å². The highest BCUT2D eigenvalue weighted by Gasteiger charge is 2.27. The zero-order chi connectivity index (χ0) is 12.4. The molecule has 0 bridgehead atoms. The Morgan fingerprint density at radius 3 is 1.88 bits per heavy atom. The van der Waals surface area contributed by atoms with Crippen LogP contribution in [0.4, 0.5) is 8.39 Å². The van der Waals surface area contributed by atoms with Gasteiger partial charge in [0.05, 0.1) is 26.4 Å². The number of hydrogen-bond acceptors (Lipinski definition) is 4. The zero-order valence-electron chi connectivity index (χ0n) is 8.81. The predicted octanol–water partition coefficient (Wildman–Crippen LogP) is 2.82. The van der Waals surface area contributed by atoms with Crippen LogP contribution in [0.2, 0.25) is 0 Å². The lowest BCUT2D eigenvalue weighted by molar-refractivity contribution is 0.000711. The molecule has 7 heteroatoms. The van der Waals surface area contributed by atoms with E-state index in [2.05, 4.69) is 17.7 Å². The van der Waals surface area contributed by atoms with Crippen molar-refractivity contribution < 1.29 is 27.0 Å². The first-order chi connectivity index (χ1) is 7.49. The largest absolute Gasteiger partial charge is 0.552 e. The number of hydrogen-bond donors (Lipinski definition) is 0. The lowest BCUT2D eigenvalue weighted by Gasteiger charge is -2.15. The summed E-state index contributed by atoms with van der Waals surface area (Å²) in [5.41, 5.74) is 0. The quantitative estimate of drug-likeness (QED) is 0.342. The van der Waals surface area contributed by atoms with E-state index in [1.807, 2.05) is 0 Å². The molecule has 94 valence electrons. The SMILES string of the molecule is C=CCOCC(COCC=C)OP(=O)(F)F. The highest BCUT2D eigenvalue weighted by Crippen LogP contribution is 2.51. The van der Waals surface area contributed by atoms with Gasteiger partial charge >= 0.3 is 7.99 Å². The van der Waals surface area contributed by atoms with Gasteiger partial charge in [-0.15, -0.1) is 21.6 Å². The lowest BCUT2D eigenvalue weighted by Crippen LogP contribution is -2.24. The van der Waals surface area contributed by atoms with Gasteiger partial charge in [-0.3, -0.25) is 4.52 Å². The Bertz CT molecular complexity index is 240. The summed E-state index contributed by atoms with van der Waals surface area (Å²) < 4.78 is 48.4. The number of halogens is 2. The second kappa shape index (κ2) is 8.58. The van der Waals surface area contributed by atoms with Crippen LogP contribution < -0.4 is 0 Å². The molecule has 0 radical (unpaired) electrons. The van der Waals surface area contributed by atoms with E-state index in [1.165, 1.54) is 12.2 Å². The average molecular weight is 256 g/mol. The molecule has 0 aliphatic carbocycles. The highest BCUT2D eigenvalue weighted by molar-refractivity contribution is 7.47. The maximum atomic E-state index is 12.2. The number of ether oxygens (including phenoxy) is 2. The van der Waals surface area contributed by atoms with Crippen molar-refractivity contribution in [1.82, 2.24) is 0 Å². The Labute approximate surface area is 93.6 Å². The minimum absolute atomic E-state index is 0.138. The predicted molar refractivity (Wildman–Crippen MR) is 56.7 cm³/mol. The maximum Gasteiger partial charge on any atom is 0.552 e. The molecule has 0 heterocycles. The van der Waals surface area contributed by atoms with Crippen molar-refractivity contribution >= 4 is 7.99 Å². The van der Waals surface area contributed by atoms with Crippen LogP contribution in [0.5, 0.6) is 0 Å². The van der Waals surface area contributed by atoms with Gasteiger partial charge in [-0.05, 0) is 0 Å². The van der Waals surface area contributed by atoms with E-state index >= 15 is 0 Å². The molecular weight excluding hydrogens is 241 g/mol. The van der Waals surface area contributed by atoms with Gasteiger partial charge in [0.15, 0.2) is 0 Å². The molecule has 0 aliphatic rings. The molecule has 0 atom stereocenters. The third-order valence-electron chi connectivity index (χ3n) is 1.35. The van der Waals surface area contributed by atoms with Crippen LogP contribution in [0.1, 0.15) is 0 Å². The van der Waals surface area contributed by atoms with E-state index < -0.39 is 14.1 Å². The first kappa shape index (κ1) is 15.4. The summed E-state index contributed by atoms with van der Waals surface area (Å²) in [6.45, 7) is 6.91. The number of rotatable bonds is 10. The molecule has 0 fully saturated rings. The van der Waals surface area contributed by atoms with E-state index in [0.29, 0.717) is 0 Å². The fourth-order valence-corrected chi connectivity index (χ4v) is 1.32. The molecule has 0 aromatic heterocycles. The van der Waals surface area contributed by atoms with Crippen molar-refractivity contribution in [3.05, 3.63) is 25.3 Å². The van der Waals surface area contributed by atoms with E-state index in [4.69, 9.17) is 9.47 Å². The van der Waals surface area contributed by atoms with Crippen LogP contribution in [-0.4, -0.2) is 32.5 Å². The van der Waals surface area contributed by atoms with Gasteiger partial charge in [0, 0.05) is 0 Å². The van der Waals surface area contributed by atoms with Gasteiger partial charge < -0.3 is 9.47 Å². The van der Waals surface area contributed by atoms with Crippen LogP contribution >= 0.6 is 7.99 Å². The molecule has 0 spiro atoms. The maximum absolute atomic E-state index is 12.2. The molecule has 0 N–H and O–H groups in total. The molecule has 4 nitrogen and oxygen atoms in total. The molecule has 16 heavy (non-hydrogen) atoms. The van der Waals surface area contributed by atoms with Crippen molar-refractivity contribution in [2.75, 3.05) is 26.4 Å². The Morgan fingerprint density at radius 2 is 1.56 bits per heavy atom. The Kier molecular flexibility index (Phi) is 8.29. The van der Waals surface area contributed by atoms with E-state index in [0.717, 1.165) is 0 Å². The fraction of sp³-hybridized carbons (Fsp3) is 0.556. The first-order valence-corrected chi connectivity index (χ1v) is 5.95. The zero-order valence-corrected chi connectivity index (χ0v) is 9.71. The lowest BCUT2D eigenvalue weighted by atomic mass is 10.4. The molecule has 0 saturated carbocycles. The summed E-state index contributed by atoms with van der Waals surface area (Å²) in [6, 6.07) is 0. The van der Waals surface area contributed by atoms with Crippen LogP contribution in [0.3, 0.4) is 0 Å². The van der Waals surface area contributed by atoms with Crippen molar-refractivity contribution in [1.29, 1.82) is 0 Å². The standard InChI is InChI=1S/C9H15F2O4P/c1-3-5-13-7-9(8-14-6-4-2)15-16(10,11)12/h3-4,9H,1-2,5-8H2. The topological polar surface area (TPSA) is 44.8 Å². The smallest absolute Gasteiger partial charge is 0.375 e. The summed E-state index contributed by atoms with van der Waals surface area (Å²) in [6.07, 6.45) is 1.86. The molecule has 0 aromatic rings. The molecular formula is C9H15F2O4P. The van der Waals surface area contributed by atoms with Gasteiger partial charge in [0.25, 0.3) is 0 Å². The summed E-state index contributed by atoms with van der Waals surface area (Å²) in [5.74, 6) is 0. The van der Waals surface area contributed by atoms with E-state index in [-0.39, 0.29) is 26.4 Å². The molecule has 0 aliphatic heterocycles. The van der Waals surface area contributed by atoms with Crippen molar-refractivity contribution in [2.24, 2.45) is 0 Å². The van der Waals surface area contributed by atoms with Crippen molar-refractivity contribution in [3.8, 4) is 0 Å². The Balaban J connectivity index is 3.99. The van der Waals surface area contributed by atoms with Gasteiger partial charge in [-0.2, -0.15) is 0 Å². The molecule has 0 aromatic carbocycles. The highest BCUT2D eigenvalue weighted by atomic mass is 31.2. The van der Waals surface area contributed by atoms with Gasteiger partial charge in [0.1, 0.15) is 6.10 Å². The average Bonchev–Trinajstić information content (AvgIpc) is 2.16. The van der Waals surface area contributed by atoms with Gasteiger partial charge in [-0.25, -0.2) is 4.57 Å². The Morgan fingerprint density at radius 1 is 1.12 bits per heavy atom. The minimum atomic E-state index is -5.53. The Hall–Kier alpha value is -0.550. The first-order valence-electron chi connectivity index (χ1n) is 4.54.